The number of rotatable bonds is 7. The van der Waals surface area contributed by atoms with Crippen molar-refractivity contribution in [2.45, 2.75) is 9.10 Å². The van der Waals surface area contributed by atoms with Gasteiger partial charge in [-0.05, 0) is 41.8 Å². The number of hydrogen-bond donors (Lipinski definition) is 2. The fourth-order valence-corrected chi connectivity index (χ4v) is 6.29. The van der Waals surface area contributed by atoms with Gasteiger partial charge in [0.05, 0.1) is 26.3 Å². The minimum absolute atomic E-state index is 0.0416. The third kappa shape index (κ3) is 5.28. The first-order chi connectivity index (χ1) is 15.7. The molecule has 13 heteroatoms. The van der Waals surface area contributed by atoms with Crippen LogP contribution in [-0.4, -0.2) is 26.8 Å². The van der Waals surface area contributed by atoms with E-state index < -0.39 is 20.0 Å². The molecule has 2 aromatic heterocycles. The number of nitrogens with zero attached hydrogens (tertiary/aromatic N) is 2. The van der Waals surface area contributed by atoms with Gasteiger partial charge >= 0.3 is 0 Å². The summed E-state index contributed by atoms with van der Waals surface area (Å²) >= 11 is 13.2. The van der Waals surface area contributed by atoms with Crippen LogP contribution in [0.15, 0.2) is 81.5 Å². The van der Waals surface area contributed by atoms with Crippen LogP contribution in [0.25, 0.3) is 11.4 Å². The van der Waals surface area contributed by atoms with Crippen molar-refractivity contribution in [1.82, 2.24) is 9.97 Å². The molecule has 170 valence electrons. The highest BCUT2D eigenvalue weighted by atomic mass is 35.5. The van der Waals surface area contributed by atoms with Crippen LogP contribution in [0.1, 0.15) is 0 Å². The highest BCUT2D eigenvalue weighted by molar-refractivity contribution is 7.94. The Hall–Kier alpha value is -2.70. The van der Waals surface area contributed by atoms with Crippen molar-refractivity contribution in [2.75, 3.05) is 9.44 Å². The molecule has 0 radical (unpaired) electrons. The molecule has 8 nitrogen and oxygen atoms in total. The predicted octanol–water partition coefficient (Wildman–Crippen LogP) is 5.11. The first-order valence-electron chi connectivity index (χ1n) is 9.11. The van der Waals surface area contributed by atoms with Crippen molar-refractivity contribution >= 4 is 66.0 Å². The summed E-state index contributed by atoms with van der Waals surface area (Å²) in [4.78, 5) is 8.17. The average molecular weight is 541 g/mol. The normalized spacial score (nSPS) is 11.8. The number of hydrogen-bond acceptors (Lipinski definition) is 7. The molecule has 0 aliphatic rings. The number of halogens is 2. The second kappa shape index (κ2) is 9.27. The van der Waals surface area contributed by atoms with Crippen LogP contribution in [0.4, 0.5) is 11.4 Å². The lowest BCUT2D eigenvalue weighted by atomic mass is 10.2. The molecule has 0 unspecified atom stereocenters. The molecule has 4 aromatic rings. The van der Waals surface area contributed by atoms with E-state index in [0.29, 0.717) is 11.4 Å². The lowest BCUT2D eigenvalue weighted by Crippen LogP contribution is -2.17. The highest BCUT2D eigenvalue weighted by Crippen LogP contribution is 2.35. The number of anilines is 2. The molecule has 0 saturated carbocycles. The average Bonchev–Trinajstić information content (AvgIpc) is 3.34. The van der Waals surface area contributed by atoms with Crippen LogP contribution >= 0.6 is 34.5 Å². The largest absolute Gasteiger partial charge is 0.277 e. The maximum Gasteiger partial charge on any atom is 0.271 e. The Bertz CT molecular complexity index is 1510. The maximum absolute atomic E-state index is 13.1. The SMILES string of the molecule is O=S(=O)(Nc1cc(Cl)c(Cl)cc1NS(=O)(=O)c1cccs1)c1cccc(-c2ncccn2)c1. The predicted molar refractivity (Wildman–Crippen MR) is 130 cm³/mol. The van der Waals surface area contributed by atoms with Crippen LogP contribution in [0, 0.1) is 0 Å². The van der Waals surface area contributed by atoms with Crippen LogP contribution in [0.5, 0.6) is 0 Å². The van der Waals surface area contributed by atoms with Crippen molar-refractivity contribution in [3.8, 4) is 11.4 Å². The van der Waals surface area contributed by atoms with E-state index in [0.717, 1.165) is 11.3 Å². The lowest BCUT2D eigenvalue weighted by molar-refractivity contribution is 0.599. The van der Waals surface area contributed by atoms with Crippen LogP contribution in [0.2, 0.25) is 10.0 Å². The number of benzene rings is 2. The smallest absolute Gasteiger partial charge is 0.271 e. The second-order valence-electron chi connectivity index (χ2n) is 6.56. The number of nitrogens with one attached hydrogen (secondary N) is 2. The van der Waals surface area contributed by atoms with Gasteiger partial charge in [-0.1, -0.05) is 41.4 Å². The first-order valence-corrected chi connectivity index (χ1v) is 13.7. The molecule has 0 saturated heterocycles. The van der Waals surface area contributed by atoms with Gasteiger partial charge in [-0.3, -0.25) is 9.44 Å². The van der Waals surface area contributed by atoms with E-state index in [1.165, 1.54) is 30.3 Å². The van der Waals surface area contributed by atoms with E-state index in [2.05, 4.69) is 19.4 Å². The molecule has 0 atom stereocenters. The molecular weight excluding hydrogens is 527 g/mol. The molecule has 33 heavy (non-hydrogen) atoms. The topological polar surface area (TPSA) is 118 Å². The summed E-state index contributed by atoms with van der Waals surface area (Å²) in [7, 11) is -8.11. The maximum atomic E-state index is 13.1. The van der Waals surface area contributed by atoms with Gasteiger partial charge in [0, 0.05) is 18.0 Å². The van der Waals surface area contributed by atoms with Gasteiger partial charge in [-0.2, -0.15) is 0 Å². The Kier molecular flexibility index (Phi) is 6.59. The Labute approximate surface area is 204 Å². The molecule has 2 aromatic carbocycles. The Morgan fingerprint density at radius 3 is 2.00 bits per heavy atom. The Morgan fingerprint density at radius 1 is 0.758 bits per heavy atom. The quantitative estimate of drug-likeness (QED) is 0.336. The Balaban J connectivity index is 1.71. The summed E-state index contributed by atoms with van der Waals surface area (Å²) in [5.74, 6) is 0.355. The summed E-state index contributed by atoms with van der Waals surface area (Å²) in [6.07, 6.45) is 3.09. The standard InChI is InChI=1S/C20H14Cl2N4O4S3/c21-15-11-17(18(12-16(15)22)26-33(29,30)19-6-2-9-31-19)25-32(27,28)14-5-1-4-13(10-14)20-23-7-3-8-24-20/h1-12,25-26H. The van der Waals surface area contributed by atoms with Gasteiger partial charge in [0.25, 0.3) is 20.0 Å². The van der Waals surface area contributed by atoms with E-state index in [1.807, 2.05) is 0 Å². The summed E-state index contributed by atoms with van der Waals surface area (Å²) in [5, 5.41) is 1.70. The van der Waals surface area contributed by atoms with E-state index in [4.69, 9.17) is 23.2 Å². The molecule has 2 N–H and O–H groups in total. The van der Waals surface area contributed by atoms with Crippen molar-refractivity contribution in [1.29, 1.82) is 0 Å². The van der Waals surface area contributed by atoms with E-state index in [-0.39, 0.29) is 30.5 Å². The first kappa shape index (κ1) is 23.5. The molecule has 2 heterocycles. The monoisotopic (exact) mass is 540 g/mol. The number of aromatic nitrogens is 2. The van der Waals surface area contributed by atoms with Crippen molar-refractivity contribution in [3.63, 3.8) is 0 Å². The number of thiophene rings is 1. The fraction of sp³-hybridized carbons (Fsp3) is 0. The molecule has 0 aliphatic carbocycles. The molecule has 0 amide bonds. The van der Waals surface area contributed by atoms with E-state index in [1.54, 1.807) is 42.0 Å². The molecule has 0 aliphatic heterocycles. The lowest BCUT2D eigenvalue weighted by Gasteiger charge is -2.15. The highest BCUT2D eigenvalue weighted by Gasteiger charge is 2.22. The zero-order valence-corrected chi connectivity index (χ0v) is 20.4. The molecule has 0 spiro atoms. The fourth-order valence-electron chi connectivity index (χ4n) is 2.78. The third-order valence-electron chi connectivity index (χ3n) is 4.28. The molecule has 0 bridgehead atoms. The van der Waals surface area contributed by atoms with Gasteiger partial charge in [0.1, 0.15) is 4.21 Å². The van der Waals surface area contributed by atoms with Gasteiger partial charge in [0.2, 0.25) is 0 Å². The summed E-state index contributed by atoms with van der Waals surface area (Å²) < 4.78 is 56.4. The van der Waals surface area contributed by atoms with E-state index in [9.17, 15) is 16.8 Å². The molecular formula is C20H14Cl2N4O4S3. The van der Waals surface area contributed by atoms with Crippen LogP contribution in [-0.2, 0) is 20.0 Å². The number of sulfonamides is 2. The summed E-state index contributed by atoms with van der Waals surface area (Å²) in [5.41, 5.74) is 0.320. The van der Waals surface area contributed by atoms with Crippen molar-refractivity contribution in [3.05, 3.63) is 82.4 Å². The summed E-state index contributed by atoms with van der Waals surface area (Å²) in [6, 6.07) is 13.1. The molecule has 4 rings (SSSR count). The minimum Gasteiger partial charge on any atom is -0.277 e. The second-order valence-corrected chi connectivity index (χ2v) is 11.9. The van der Waals surface area contributed by atoms with Crippen LogP contribution < -0.4 is 9.44 Å². The Morgan fingerprint density at radius 2 is 1.39 bits per heavy atom. The van der Waals surface area contributed by atoms with Crippen molar-refractivity contribution in [2.24, 2.45) is 0 Å². The van der Waals surface area contributed by atoms with Gasteiger partial charge in [-0.15, -0.1) is 11.3 Å². The van der Waals surface area contributed by atoms with Gasteiger partial charge in [-0.25, -0.2) is 26.8 Å². The van der Waals surface area contributed by atoms with Gasteiger partial charge < -0.3 is 0 Å². The summed E-state index contributed by atoms with van der Waals surface area (Å²) in [6.45, 7) is 0. The minimum atomic E-state index is -4.14. The zero-order chi connectivity index (χ0) is 23.6. The zero-order valence-electron chi connectivity index (χ0n) is 16.4. The van der Waals surface area contributed by atoms with Gasteiger partial charge in [0.15, 0.2) is 5.82 Å². The third-order valence-corrected chi connectivity index (χ3v) is 9.13. The molecule has 0 fully saturated rings. The van der Waals surface area contributed by atoms with E-state index >= 15 is 0 Å². The van der Waals surface area contributed by atoms with Crippen molar-refractivity contribution < 1.29 is 16.8 Å². The van der Waals surface area contributed by atoms with Crippen LogP contribution in [0.3, 0.4) is 0 Å².